The van der Waals surface area contributed by atoms with E-state index >= 15 is 0 Å². The maximum absolute atomic E-state index is 11.4. The fourth-order valence-electron chi connectivity index (χ4n) is 1.41. The molecule has 0 aliphatic heterocycles. The van der Waals surface area contributed by atoms with Crippen LogP contribution in [0.25, 0.3) is 0 Å². The predicted octanol–water partition coefficient (Wildman–Crippen LogP) is -0.948. The van der Waals surface area contributed by atoms with E-state index in [1.807, 2.05) is 7.05 Å². The summed E-state index contributed by atoms with van der Waals surface area (Å²) in [6.45, 7) is 2.95. The number of ether oxygens (including phenoxy) is 2. The second-order valence-corrected chi connectivity index (χ2v) is 4.41. The molecule has 0 spiro atoms. The van der Waals surface area contributed by atoms with Crippen LogP contribution in [-0.2, 0) is 19.1 Å². The minimum absolute atomic E-state index is 0.0449. The molecule has 118 valence electrons. The van der Waals surface area contributed by atoms with Gasteiger partial charge in [0.05, 0.1) is 25.9 Å². The van der Waals surface area contributed by atoms with Crippen LogP contribution in [-0.4, -0.2) is 64.8 Å². The molecular weight excluding hydrogens is 262 g/mol. The van der Waals surface area contributed by atoms with Gasteiger partial charge in [-0.25, -0.2) is 0 Å². The summed E-state index contributed by atoms with van der Waals surface area (Å²) in [5, 5.41) is 5.71. The highest BCUT2D eigenvalue weighted by molar-refractivity contribution is 5.77. The Kier molecular flexibility index (Phi) is 13.7. The van der Waals surface area contributed by atoms with Crippen molar-refractivity contribution in [3.05, 3.63) is 0 Å². The van der Waals surface area contributed by atoms with Crippen LogP contribution < -0.4 is 16.4 Å². The van der Waals surface area contributed by atoms with Crippen LogP contribution in [0.5, 0.6) is 0 Å². The standard InChI is InChI=1S/C13H27N3O4/c1-15-6-7-19-8-9-20-11-13(18)16-5-3-2-4-12(14)10-17/h10,12,15H,2-9,11,14H2,1H3,(H,16,18)/t12-/m0/s1. The first-order chi connectivity index (χ1) is 9.70. The number of aldehydes is 1. The topological polar surface area (TPSA) is 103 Å². The molecule has 7 nitrogen and oxygen atoms in total. The number of carbonyl (C=O) groups excluding carboxylic acids is 2. The van der Waals surface area contributed by atoms with Crippen molar-refractivity contribution in [3.63, 3.8) is 0 Å². The summed E-state index contributed by atoms with van der Waals surface area (Å²) in [7, 11) is 1.86. The monoisotopic (exact) mass is 289 g/mol. The van der Waals surface area contributed by atoms with Crippen LogP contribution in [0.15, 0.2) is 0 Å². The molecule has 0 aromatic carbocycles. The van der Waals surface area contributed by atoms with E-state index in [0.29, 0.717) is 32.8 Å². The highest BCUT2D eigenvalue weighted by Crippen LogP contribution is 1.95. The van der Waals surface area contributed by atoms with Gasteiger partial charge < -0.3 is 30.6 Å². The molecule has 0 aromatic rings. The van der Waals surface area contributed by atoms with Gasteiger partial charge in [-0.2, -0.15) is 0 Å². The van der Waals surface area contributed by atoms with Crippen LogP contribution in [0.4, 0.5) is 0 Å². The van der Waals surface area contributed by atoms with Crippen LogP contribution >= 0.6 is 0 Å². The molecule has 0 rings (SSSR count). The molecule has 0 saturated carbocycles. The number of nitrogens with one attached hydrogen (secondary N) is 2. The minimum atomic E-state index is -0.392. The van der Waals surface area contributed by atoms with Gasteiger partial charge in [-0.05, 0) is 26.3 Å². The molecule has 0 saturated heterocycles. The Morgan fingerprint density at radius 2 is 1.95 bits per heavy atom. The summed E-state index contributed by atoms with van der Waals surface area (Å²) in [6, 6.07) is -0.392. The maximum atomic E-state index is 11.4. The van der Waals surface area contributed by atoms with E-state index in [2.05, 4.69) is 10.6 Å². The molecule has 0 fully saturated rings. The van der Waals surface area contributed by atoms with Crippen molar-refractivity contribution in [2.75, 3.05) is 46.6 Å². The third-order valence-electron chi connectivity index (χ3n) is 2.56. The third-order valence-corrected chi connectivity index (χ3v) is 2.56. The molecule has 0 radical (unpaired) electrons. The number of unbranched alkanes of at least 4 members (excludes halogenated alkanes) is 1. The Bertz CT molecular complexity index is 252. The number of hydrogen-bond donors (Lipinski definition) is 3. The van der Waals surface area contributed by atoms with Crippen molar-refractivity contribution < 1.29 is 19.1 Å². The van der Waals surface area contributed by atoms with Gasteiger partial charge in [0.25, 0.3) is 0 Å². The van der Waals surface area contributed by atoms with Crippen molar-refractivity contribution in [2.24, 2.45) is 5.73 Å². The van der Waals surface area contributed by atoms with Gasteiger partial charge in [0.2, 0.25) is 5.91 Å². The summed E-state index contributed by atoms with van der Waals surface area (Å²) in [4.78, 5) is 21.6. The number of carbonyl (C=O) groups is 2. The second kappa shape index (κ2) is 14.4. The van der Waals surface area contributed by atoms with E-state index in [-0.39, 0.29) is 12.5 Å². The van der Waals surface area contributed by atoms with Crippen molar-refractivity contribution in [1.29, 1.82) is 0 Å². The number of nitrogens with two attached hydrogens (primary N) is 1. The average molecular weight is 289 g/mol. The quantitative estimate of drug-likeness (QED) is 0.281. The molecule has 0 aromatic heterocycles. The molecule has 0 bridgehead atoms. The molecule has 7 heteroatoms. The summed E-state index contributed by atoms with van der Waals surface area (Å²) in [6.07, 6.45) is 3.02. The van der Waals surface area contributed by atoms with E-state index in [0.717, 1.165) is 25.7 Å². The van der Waals surface area contributed by atoms with Crippen molar-refractivity contribution in [3.8, 4) is 0 Å². The normalized spacial score (nSPS) is 12.1. The molecule has 20 heavy (non-hydrogen) atoms. The summed E-state index contributed by atoms with van der Waals surface area (Å²) < 4.78 is 10.4. The zero-order valence-electron chi connectivity index (χ0n) is 12.2. The van der Waals surface area contributed by atoms with Crippen molar-refractivity contribution in [2.45, 2.75) is 25.3 Å². The van der Waals surface area contributed by atoms with E-state index in [1.54, 1.807) is 0 Å². The van der Waals surface area contributed by atoms with Gasteiger partial charge in [0.1, 0.15) is 12.9 Å². The fourth-order valence-corrected chi connectivity index (χ4v) is 1.41. The molecule has 1 amide bonds. The van der Waals surface area contributed by atoms with E-state index < -0.39 is 6.04 Å². The molecule has 0 unspecified atom stereocenters. The smallest absolute Gasteiger partial charge is 0.245 e. The molecule has 0 aliphatic rings. The van der Waals surface area contributed by atoms with Gasteiger partial charge >= 0.3 is 0 Å². The van der Waals surface area contributed by atoms with Gasteiger partial charge in [0, 0.05) is 13.1 Å². The highest BCUT2D eigenvalue weighted by atomic mass is 16.5. The van der Waals surface area contributed by atoms with Gasteiger partial charge in [-0.15, -0.1) is 0 Å². The largest absolute Gasteiger partial charge is 0.378 e. The zero-order valence-corrected chi connectivity index (χ0v) is 12.2. The predicted molar refractivity (Wildman–Crippen MR) is 76.5 cm³/mol. The zero-order chi connectivity index (χ0) is 15.1. The Morgan fingerprint density at radius 3 is 2.65 bits per heavy atom. The molecule has 0 heterocycles. The first-order valence-corrected chi connectivity index (χ1v) is 6.98. The second-order valence-electron chi connectivity index (χ2n) is 4.41. The van der Waals surface area contributed by atoms with Crippen LogP contribution in [0.1, 0.15) is 19.3 Å². The number of likely N-dealkylation sites (N-methyl/N-ethyl adjacent to an activating group) is 1. The summed E-state index contributed by atoms with van der Waals surface area (Å²) in [5.41, 5.74) is 5.45. The summed E-state index contributed by atoms with van der Waals surface area (Å²) >= 11 is 0. The number of amides is 1. The first kappa shape index (κ1) is 19.0. The Hall–Kier alpha value is -1.02. The fraction of sp³-hybridized carbons (Fsp3) is 0.846. The van der Waals surface area contributed by atoms with E-state index in [1.165, 1.54) is 0 Å². The molecule has 4 N–H and O–H groups in total. The lowest BCUT2D eigenvalue weighted by Crippen LogP contribution is -2.29. The van der Waals surface area contributed by atoms with Crippen LogP contribution in [0.3, 0.4) is 0 Å². The molecule has 0 aliphatic carbocycles. The minimum Gasteiger partial charge on any atom is -0.378 e. The van der Waals surface area contributed by atoms with Gasteiger partial charge in [-0.1, -0.05) is 0 Å². The number of rotatable bonds is 14. The lowest BCUT2D eigenvalue weighted by atomic mass is 10.1. The van der Waals surface area contributed by atoms with Crippen molar-refractivity contribution >= 4 is 12.2 Å². The van der Waals surface area contributed by atoms with Crippen LogP contribution in [0, 0.1) is 0 Å². The van der Waals surface area contributed by atoms with Gasteiger partial charge in [-0.3, -0.25) is 4.79 Å². The first-order valence-electron chi connectivity index (χ1n) is 6.98. The Balaban J connectivity index is 3.22. The molecular formula is C13H27N3O4. The summed E-state index contributed by atoms with van der Waals surface area (Å²) in [5.74, 6) is -0.139. The van der Waals surface area contributed by atoms with Crippen LogP contribution in [0.2, 0.25) is 0 Å². The average Bonchev–Trinajstić information content (AvgIpc) is 2.45. The third kappa shape index (κ3) is 13.4. The maximum Gasteiger partial charge on any atom is 0.245 e. The van der Waals surface area contributed by atoms with Gasteiger partial charge in [0.15, 0.2) is 0 Å². The molecule has 1 atom stereocenters. The SMILES string of the molecule is CNCCOCCOCC(=O)NCCCC[C@H](N)C=O. The van der Waals surface area contributed by atoms with E-state index in [4.69, 9.17) is 15.2 Å². The lowest BCUT2D eigenvalue weighted by Gasteiger charge is -2.07. The highest BCUT2D eigenvalue weighted by Gasteiger charge is 2.02. The van der Waals surface area contributed by atoms with E-state index in [9.17, 15) is 9.59 Å². The Morgan fingerprint density at radius 1 is 1.20 bits per heavy atom. The Labute approximate surface area is 120 Å². The lowest BCUT2D eigenvalue weighted by molar-refractivity contribution is -0.126. The van der Waals surface area contributed by atoms with Crippen molar-refractivity contribution in [1.82, 2.24) is 10.6 Å². The number of hydrogen-bond acceptors (Lipinski definition) is 6.